The number of hydrogen-bond acceptors (Lipinski definition) is 5. The number of hydrogen-bond donors (Lipinski definition) is 1. The number of rotatable bonds is 6. The Morgan fingerprint density at radius 2 is 1.66 bits per heavy atom. The molecule has 38 heavy (non-hydrogen) atoms. The van der Waals surface area contributed by atoms with Gasteiger partial charge in [-0.1, -0.05) is 53.5 Å². The largest absolute Gasteiger partial charge is 0.444 e. The van der Waals surface area contributed by atoms with Crippen LogP contribution in [0.5, 0.6) is 0 Å². The molecule has 2 amide bonds. The van der Waals surface area contributed by atoms with Gasteiger partial charge in [-0.2, -0.15) is 0 Å². The molecule has 2 heterocycles. The summed E-state index contributed by atoms with van der Waals surface area (Å²) in [6.07, 6.45) is 1.11. The highest BCUT2D eigenvalue weighted by molar-refractivity contribution is 6.36. The van der Waals surface area contributed by atoms with Crippen molar-refractivity contribution >= 4 is 64.8 Å². The predicted molar refractivity (Wildman–Crippen MR) is 151 cm³/mol. The zero-order valence-electron chi connectivity index (χ0n) is 20.4. The molecule has 2 aliphatic heterocycles. The highest BCUT2D eigenvalue weighted by atomic mass is 35.5. The Morgan fingerprint density at radius 3 is 2.42 bits per heavy atom. The highest BCUT2D eigenvalue weighted by Gasteiger charge is 2.34. The Labute approximate surface area is 237 Å². The fraction of sp³-hybridized carbons (Fsp3) is 0.250. The minimum Gasteiger partial charge on any atom is -0.444 e. The number of benzene rings is 3. The van der Waals surface area contributed by atoms with E-state index in [1.807, 2.05) is 29.2 Å². The van der Waals surface area contributed by atoms with Gasteiger partial charge in [0, 0.05) is 40.8 Å². The fourth-order valence-corrected chi connectivity index (χ4v) is 5.25. The van der Waals surface area contributed by atoms with Crippen molar-refractivity contribution in [2.24, 2.45) is 0 Å². The van der Waals surface area contributed by atoms with Gasteiger partial charge in [-0.05, 0) is 49.2 Å². The second-order valence-electron chi connectivity index (χ2n) is 9.11. The van der Waals surface area contributed by atoms with Crippen LogP contribution in [0.4, 0.5) is 16.2 Å². The van der Waals surface area contributed by atoms with Crippen molar-refractivity contribution in [3.8, 4) is 0 Å². The molecular formula is C28H26Cl3N3O4. The number of nitrogens with one attached hydrogen (secondary N) is 1. The molecule has 0 unspecified atom stereocenters. The molecule has 1 saturated heterocycles. The molecular weight excluding hydrogens is 549 g/mol. The third-order valence-corrected chi connectivity index (χ3v) is 7.27. The molecule has 7 nitrogen and oxygen atoms in total. The van der Waals surface area contributed by atoms with Crippen LogP contribution in [0, 0.1) is 0 Å². The van der Waals surface area contributed by atoms with Crippen molar-refractivity contribution in [3.05, 3.63) is 93.5 Å². The summed E-state index contributed by atoms with van der Waals surface area (Å²) in [5.74, 6) is -0.561. The number of halogens is 3. The number of para-hydroxylation sites is 1. The highest BCUT2D eigenvalue weighted by Crippen LogP contribution is 2.32. The van der Waals surface area contributed by atoms with Gasteiger partial charge in [0.15, 0.2) is 5.78 Å². The van der Waals surface area contributed by atoms with E-state index >= 15 is 0 Å². The van der Waals surface area contributed by atoms with Crippen LogP contribution in [-0.2, 0) is 16.1 Å². The summed E-state index contributed by atoms with van der Waals surface area (Å²) in [7, 11) is 0. The van der Waals surface area contributed by atoms with Crippen molar-refractivity contribution < 1.29 is 19.1 Å². The van der Waals surface area contributed by atoms with Crippen LogP contribution in [0.15, 0.2) is 66.7 Å². The van der Waals surface area contributed by atoms with Crippen molar-refractivity contribution in [1.29, 1.82) is 0 Å². The topological polar surface area (TPSA) is 79.0 Å². The molecule has 0 atom stereocenters. The van der Waals surface area contributed by atoms with E-state index < -0.39 is 0 Å². The third-order valence-electron chi connectivity index (χ3n) is 6.71. The average molecular weight is 575 g/mol. The monoisotopic (exact) mass is 573 g/mol. The summed E-state index contributed by atoms with van der Waals surface area (Å²) in [6, 6.07) is 19.3. The summed E-state index contributed by atoms with van der Waals surface area (Å²) in [4.78, 5) is 42.4. The lowest BCUT2D eigenvalue weighted by Crippen LogP contribution is -2.50. The summed E-state index contributed by atoms with van der Waals surface area (Å²) >= 11 is 12.4. The number of likely N-dealkylation sites (tertiary alicyclic amines) is 1. The summed E-state index contributed by atoms with van der Waals surface area (Å²) in [5.41, 5.74) is 2.88. The maximum atomic E-state index is 13.2. The zero-order valence-corrected chi connectivity index (χ0v) is 22.7. The fourth-order valence-electron chi connectivity index (χ4n) is 4.85. The Bertz CT molecular complexity index is 1360. The van der Waals surface area contributed by atoms with Gasteiger partial charge in [0.25, 0.3) is 0 Å². The standard InChI is InChI=1S/C28H25Cl2N3O4.ClH/c29-19-9-10-24(22(15-19)27(35)21-6-2-3-7-23(21)30)31-26(34)16-32-13-11-20(12-14-32)33-25-8-4-1-5-18(25)17-37-28(33)36;/h1-10,15,20H,11-14,16-17H2,(H,31,34);1H. The molecule has 3 aromatic carbocycles. The van der Waals surface area contributed by atoms with Crippen LogP contribution < -0.4 is 10.2 Å². The molecule has 0 radical (unpaired) electrons. The van der Waals surface area contributed by atoms with Crippen LogP contribution in [0.2, 0.25) is 10.0 Å². The normalized spacial score (nSPS) is 15.7. The van der Waals surface area contributed by atoms with Crippen molar-refractivity contribution in [3.63, 3.8) is 0 Å². The number of nitrogens with zero attached hydrogens (tertiary/aromatic N) is 2. The minimum atomic E-state index is -0.326. The third kappa shape index (κ3) is 5.97. The van der Waals surface area contributed by atoms with E-state index in [0.29, 0.717) is 47.2 Å². The number of amides is 2. The first-order valence-electron chi connectivity index (χ1n) is 12.1. The zero-order chi connectivity index (χ0) is 25.9. The Hall–Kier alpha value is -3.10. The molecule has 0 aromatic heterocycles. The Balaban J connectivity index is 0.00000336. The van der Waals surface area contributed by atoms with Gasteiger partial charge >= 0.3 is 6.09 Å². The van der Waals surface area contributed by atoms with Gasteiger partial charge < -0.3 is 10.1 Å². The van der Waals surface area contributed by atoms with Crippen molar-refractivity contribution in [2.45, 2.75) is 25.5 Å². The van der Waals surface area contributed by atoms with Gasteiger partial charge in [0.2, 0.25) is 5.91 Å². The molecule has 1 fully saturated rings. The first kappa shape index (κ1) is 27.9. The molecule has 0 bridgehead atoms. The van der Waals surface area contributed by atoms with Crippen LogP contribution in [0.25, 0.3) is 0 Å². The number of cyclic esters (lactones) is 1. The summed E-state index contributed by atoms with van der Waals surface area (Å²) in [5, 5.41) is 3.57. The van der Waals surface area contributed by atoms with Gasteiger partial charge in [0.1, 0.15) is 6.61 Å². The number of anilines is 2. The van der Waals surface area contributed by atoms with Crippen LogP contribution >= 0.6 is 35.6 Å². The molecule has 0 saturated carbocycles. The number of ketones is 1. The van der Waals surface area contributed by atoms with Crippen LogP contribution in [0.3, 0.4) is 0 Å². The van der Waals surface area contributed by atoms with E-state index in [0.717, 1.165) is 11.3 Å². The molecule has 1 N–H and O–H groups in total. The summed E-state index contributed by atoms with van der Waals surface area (Å²) < 4.78 is 5.37. The first-order chi connectivity index (χ1) is 17.9. The minimum absolute atomic E-state index is 0. The predicted octanol–water partition coefficient (Wildman–Crippen LogP) is 6.21. The van der Waals surface area contributed by atoms with E-state index in [1.54, 1.807) is 41.3 Å². The second kappa shape index (κ2) is 12.2. The maximum absolute atomic E-state index is 13.2. The van der Waals surface area contributed by atoms with Crippen molar-refractivity contribution in [1.82, 2.24) is 4.90 Å². The Morgan fingerprint density at radius 1 is 0.947 bits per heavy atom. The summed E-state index contributed by atoms with van der Waals surface area (Å²) in [6.45, 7) is 1.75. The molecule has 3 aromatic rings. The van der Waals surface area contributed by atoms with Crippen LogP contribution in [0.1, 0.15) is 34.3 Å². The van der Waals surface area contributed by atoms with E-state index in [1.165, 1.54) is 6.07 Å². The first-order valence-corrected chi connectivity index (χ1v) is 12.8. The Kier molecular flexibility index (Phi) is 8.95. The number of piperidine rings is 1. The average Bonchev–Trinajstić information content (AvgIpc) is 2.90. The van der Waals surface area contributed by atoms with Gasteiger partial charge in [-0.25, -0.2) is 4.79 Å². The van der Waals surface area contributed by atoms with Gasteiger partial charge in [-0.3, -0.25) is 19.4 Å². The van der Waals surface area contributed by atoms with Gasteiger partial charge in [-0.15, -0.1) is 12.4 Å². The smallest absolute Gasteiger partial charge is 0.414 e. The number of fused-ring (bicyclic) bond motifs is 1. The molecule has 198 valence electrons. The molecule has 5 rings (SSSR count). The van der Waals surface area contributed by atoms with Crippen molar-refractivity contribution in [2.75, 3.05) is 29.9 Å². The van der Waals surface area contributed by atoms with E-state index in [-0.39, 0.29) is 54.9 Å². The molecule has 10 heteroatoms. The van der Waals surface area contributed by atoms with E-state index in [2.05, 4.69) is 5.32 Å². The SMILES string of the molecule is Cl.O=C(CN1CCC(N2C(=O)OCc3ccccc32)CC1)Nc1ccc(Cl)cc1C(=O)c1ccccc1Cl. The molecule has 2 aliphatic rings. The lowest BCUT2D eigenvalue weighted by atomic mass is 10.0. The molecule has 0 aliphatic carbocycles. The van der Waals surface area contributed by atoms with Crippen LogP contribution in [-0.4, -0.2) is 48.4 Å². The number of ether oxygens (including phenoxy) is 1. The van der Waals surface area contributed by atoms with Gasteiger partial charge in [0.05, 0.1) is 22.9 Å². The van der Waals surface area contributed by atoms with E-state index in [4.69, 9.17) is 27.9 Å². The maximum Gasteiger partial charge on any atom is 0.414 e. The number of carbonyl (C=O) groups is 3. The lowest BCUT2D eigenvalue weighted by molar-refractivity contribution is -0.117. The van der Waals surface area contributed by atoms with E-state index in [9.17, 15) is 14.4 Å². The molecule has 0 spiro atoms. The number of carbonyl (C=O) groups excluding carboxylic acids is 3. The second-order valence-corrected chi connectivity index (χ2v) is 9.95. The lowest BCUT2D eigenvalue weighted by Gasteiger charge is -2.40. The quantitative estimate of drug-likeness (QED) is 0.354.